The van der Waals surface area contributed by atoms with Crippen LogP contribution in [0.4, 0.5) is 0 Å². The molecule has 6 heteroatoms. The fraction of sp³-hybridized carbons (Fsp3) is 0.364. The largest absolute Gasteiger partial charge is 0.468 e. The van der Waals surface area contributed by atoms with Crippen LogP contribution in [0.5, 0.6) is 0 Å². The molecule has 2 aromatic heterocycles. The van der Waals surface area contributed by atoms with Crippen LogP contribution in [0.15, 0.2) is 59.5 Å². The molecule has 1 amide bonds. The lowest BCUT2D eigenvalue weighted by Gasteiger charge is -2.32. The highest BCUT2D eigenvalue weighted by atomic mass is 16.3. The maximum Gasteiger partial charge on any atom is 0.251 e. The first-order valence-electron chi connectivity index (χ1n) is 9.80. The molecular formula is C22H26N4O2. The highest BCUT2D eigenvalue weighted by molar-refractivity contribution is 5.94. The summed E-state index contributed by atoms with van der Waals surface area (Å²) in [6.45, 7) is 3.61. The van der Waals surface area contributed by atoms with Gasteiger partial charge in [-0.2, -0.15) is 0 Å². The van der Waals surface area contributed by atoms with Crippen molar-refractivity contribution in [2.45, 2.75) is 19.4 Å². The van der Waals surface area contributed by atoms with Crippen LogP contribution in [-0.4, -0.2) is 40.0 Å². The lowest BCUT2D eigenvalue weighted by atomic mass is 9.97. The number of imidazole rings is 1. The van der Waals surface area contributed by atoms with Gasteiger partial charge in [0.15, 0.2) is 0 Å². The summed E-state index contributed by atoms with van der Waals surface area (Å²) in [5, 5.41) is 3.10. The summed E-state index contributed by atoms with van der Waals surface area (Å²) in [7, 11) is 1.96. The highest BCUT2D eigenvalue weighted by Gasteiger charge is 2.21. The number of benzene rings is 1. The Morgan fingerprint density at radius 1 is 1.29 bits per heavy atom. The SMILES string of the molecule is Cn1ccnc1-c1ccc(C(=O)NC[C@H]2CCCN(Cc3ccco3)C2)cc1. The van der Waals surface area contributed by atoms with E-state index in [1.54, 1.807) is 12.5 Å². The number of nitrogens with one attached hydrogen (secondary N) is 1. The molecule has 0 bridgehead atoms. The van der Waals surface area contributed by atoms with Crippen molar-refractivity contribution in [1.82, 2.24) is 19.8 Å². The number of carbonyl (C=O) groups excluding carboxylic acids is 1. The summed E-state index contributed by atoms with van der Waals surface area (Å²) in [6.07, 6.45) is 7.70. The van der Waals surface area contributed by atoms with Gasteiger partial charge in [0.2, 0.25) is 0 Å². The normalized spacial score (nSPS) is 17.5. The molecule has 0 aliphatic carbocycles. The van der Waals surface area contributed by atoms with Gasteiger partial charge in [0, 0.05) is 43.7 Å². The zero-order valence-electron chi connectivity index (χ0n) is 16.2. The monoisotopic (exact) mass is 378 g/mol. The number of carbonyl (C=O) groups is 1. The zero-order chi connectivity index (χ0) is 19.3. The number of hydrogen-bond donors (Lipinski definition) is 1. The van der Waals surface area contributed by atoms with Crippen LogP contribution < -0.4 is 5.32 Å². The lowest BCUT2D eigenvalue weighted by Crippen LogP contribution is -2.40. The van der Waals surface area contributed by atoms with E-state index in [9.17, 15) is 4.79 Å². The molecule has 1 atom stereocenters. The molecule has 1 N–H and O–H groups in total. The van der Waals surface area contributed by atoms with Crippen LogP contribution in [0.1, 0.15) is 29.0 Å². The van der Waals surface area contributed by atoms with Crippen LogP contribution in [-0.2, 0) is 13.6 Å². The molecule has 0 radical (unpaired) electrons. The van der Waals surface area contributed by atoms with Crippen molar-refractivity contribution in [1.29, 1.82) is 0 Å². The van der Waals surface area contributed by atoms with Gasteiger partial charge in [-0.25, -0.2) is 4.98 Å². The molecule has 6 nitrogen and oxygen atoms in total. The van der Waals surface area contributed by atoms with E-state index in [-0.39, 0.29) is 5.91 Å². The fourth-order valence-electron chi connectivity index (χ4n) is 3.84. The maximum absolute atomic E-state index is 12.5. The predicted molar refractivity (Wildman–Crippen MR) is 108 cm³/mol. The van der Waals surface area contributed by atoms with Crippen LogP contribution in [0.3, 0.4) is 0 Å². The van der Waals surface area contributed by atoms with Crippen molar-refractivity contribution in [3.63, 3.8) is 0 Å². The smallest absolute Gasteiger partial charge is 0.251 e. The number of nitrogens with zero attached hydrogens (tertiary/aromatic N) is 3. The van der Waals surface area contributed by atoms with E-state index in [4.69, 9.17) is 4.42 Å². The van der Waals surface area contributed by atoms with Gasteiger partial charge in [-0.15, -0.1) is 0 Å². The summed E-state index contributed by atoms with van der Waals surface area (Å²) in [5.41, 5.74) is 1.69. The number of hydrogen-bond acceptors (Lipinski definition) is 4. The first kappa shape index (κ1) is 18.5. The number of aryl methyl sites for hydroxylation is 1. The fourth-order valence-corrected chi connectivity index (χ4v) is 3.84. The Labute approximate surface area is 165 Å². The first-order valence-corrected chi connectivity index (χ1v) is 9.80. The molecule has 1 fully saturated rings. The standard InChI is InChI=1S/C22H26N4O2/c1-25-12-10-23-21(25)18-6-8-19(9-7-18)22(27)24-14-17-4-2-11-26(15-17)16-20-5-3-13-28-20/h3,5-10,12-13,17H,2,4,11,14-16H2,1H3,(H,24,27)/t17-/m1/s1. The van der Waals surface area contributed by atoms with Gasteiger partial charge in [0.05, 0.1) is 12.8 Å². The minimum Gasteiger partial charge on any atom is -0.468 e. The summed E-state index contributed by atoms with van der Waals surface area (Å²) in [6, 6.07) is 11.6. The summed E-state index contributed by atoms with van der Waals surface area (Å²) < 4.78 is 7.42. The Balaban J connectivity index is 1.29. The van der Waals surface area contributed by atoms with Crippen LogP contribution in [0.25, 0.3) is 11.4 Å². The number of likely N-dealkylation sites (tertiary alicyclic amines) is 1. The number of piperidine rings is 1. The second kappa shape index (κ2) is 8.44. The van der Waals surface area contributed by atoms with Crippen LogP contribution >= 0.6 is 0 Å². The average molecular weight is 378 g/mol. The van der Waals surface area contributed by atoms with E-state index in [0.717, 1.165) is 49.6 Å². The quantitative estimate of drug-likeness (QED) is 0.715. The van der Waals surface area contributed by atoms with Crippen LogP contribution in [0.2, 0.25) is 0 Å². The Hall–Kier alpha value is -2.86. The van der Waals surface area contributed by atoms with E-state index in [1.807, 2.05) is 54.2 Å². The van der Waals surface area contributed by atoms with Gasteiger partial charge in [0.1, 0.15) is 11.6 Å². The van der Waals surface area contributed by atoms with E-state index in [0.29, 0.717) is 18.0 Å². The number of amides is 1. The average Bonchev–Trinajstić information content (AvgIpc) is 3.38. The molecule has 4 rings (SSSR count). The van der Waals surface area contributed by atoms with Crippen molar-refractivity contribution in [2.24, 2.45) is 13.0 Å². The third kappa shape index (κ3) is 4.34. The highest BCUT2D eigenvalue weighted by Crippen LogP contribution is 2.19. The molecule has 0 unspecified atom stereocenters. The summed E-state index contributed by atoms with van der Waals surface area (Å²) >= 11 is 0. The number of aromatic nitrogens is 2. The molecule has 146 valence electrons. The Kier molecular flexibility index (Phi) is 5.58. The molecule has 3 aromatic rings. The van der Waals surface area contributed by atoms with E-state index < -0.39 is 0 Å². The van der Waals surface area contributed by atoms with E-state index >= 15 is 0 Å². The third-order valence-electron chi connectivity index (χ3n) is 5.34. The summed E-state index contributed by atoms with van der Waals surface area (Å²) in [4.78, 5) is 19.3. The first-order chi connectivity index (χ1) is 13.7. The van der Waals surface area contributed by atoms with Crippen molar-refractivity contribution in [3.05, 3.63) is 66.4 Å². The molecule has 1 aliphatic rings. The Morgan fingerprint density at radius 2 is 2.14 bits per heavy atom. The minimum atomic E-state index is -0.0189. The van der Waals surface area contributed by atoms with Gasteiger partial charge in [-0.05, 0) is 49.6 Å². The van der Waals surface area contributed by atoms with Gasteiger partial charge >= 0.3 is 0 Å². The van der Waals surface area contributed by atoms with E-state index in [2.05, 4.69) is 15.2 Å². The molecule has 3 heterocycles. The van der Waals surface area contributed by atoms with Crippen molar-refractivity contribution >= 4 is 5.91 Å². The molecule has 1 aromatic carbocycles. The summed E-state index contributed by atoms with van der Waals surface area (Å²) in [5.74, 6) is 2.34. The molecule has 0 spiro atoms. The van der Waals surface area contributed by atoms with Gasteiger partial charge in [-0.3, -0.25) is 9.69 Å². The number of furan rings is 1. The van der Waals surface area contributed by atoms with Crippen molar-refractivity contribution in [3.8, 4) is 11.4 Å². The van der Waals surface area contributed by atoms with Gasteiger partial charge in [0.25, 0.3) is 5.91 Å². The minimum absolute atomic E-state index is 0.0189. The number of rotatable bonds is 6. The maximum atomic E-state index is 12.5. The van der Waals surface area contributed by atoms with Crippen molar-refractivity contribution in [2.75, 3.05) is 19.6 Å². The lowest BCUT2D eigenvalue weighted by molar-refractivity contribution is 0.0928. The van der Waals surface area contributed by atoms with Gasteiger partial charge in [-0.1, -0.05) is 12.1 Å². The predicted octanol–water partition coefficient (Wildman–Crippen LogP) is 3.32. The van der Waals surface area contributed by atoms with E-state index in [1.165, 1.54) is 0 Å². The molecule has 1 saturated heterocycles. The second-order valence-corrected chi connectivity index (χ2v) is 7.47. The Bertz CT molecular complexity index is 899. The molecular weight excluding hydrogens is 352 g/mol. The molecule has 28 heavy (non-hydrogen) atoms. The van der Waals surface area contributed by atoms with Crippen molar-refractivity contribution < 1.29 is 9.21 Å². The topological polar surface area (TPSA) is 63.3 Å². The van der Waals surface area contributed by atoms with Gasteiger partial charge < -0.3 is 14.3 Å². The zero-order valence-corrected chi connectivity index (χ0v) is 16.2. The van der Waals surface area contributed by atoms with Crippen LogP contribution in [0, 0.1) is 5.92 Å². The molecule has 0 saturated carbocycles. The Morgan fingerprint density at radius 3 is 2.86 bits per heavy atom. The second-order valence-electron chi connectivity index (χ2n) is 7.47. The third-order valence-corrected chi connectivity index (χ3v) is 5.34. The molecule has 1 aliphatic heterocycles.